The summed E-state index contributed by atoms with van der Waals surface area (Å²) in [5.74, 6) is -4.16. The van der Waals surface area contributed by atoms with Crippen LogP contribution in [0.1, 0.15) is 47.0 Å². The van der Waals surface area contributed by atoms with Crippen molar-refractivity contribution in [2.45, 2.75) is 59.3 Å². The van der Waals surface area contributed by atoms with Crippen molar-refractivity contribution in [3.05, 3.63) is 11.6 Å². The van der Waals surface area contributed by atoms with E-state index in [1.54, 1.807) is 6.92 Å². The van der Waals surface area contributed by atoms with Gasteiger partial charge in [0.1, 0.15) is 0 Å². The third-order valence-corrected chi connectivity index (χ3v) is 3.87. The van der Waals surface area contributed by atoms with Gasteiger partial charge in [-0.15, -0.1) is 0 Å². The van der Waals surface area contributed by atoms with Crippen LogP contribution >= 0.6 is 0 Å². The second kappa shape index (κ2) is 5.84. The molecule has 1 rings (SSSR count). The SMILES string of the molecule is CC(CC(C)(C)C)C1=CC(C(F)(F)F)CC(C(F)(F)F)C1. The predicted octanol–water partition coefficient (Wildman–Crippen LogP) is 6.14. The van der Waals surface area contributed by atoms with Gasteiger partial charge in [-0.25, -0.2) is 0 Å². The topological polar surface area (TPSA) is 0 Å². The molecule has 0 heterocycles. The Bertz CT molecular complexity index is 382. The maximum absolute atomic E-state index is 12.9. The molecule has 0 aromatic carbocycles. The van der Waals surface area contributed by atoms with Gasteiger partial charge in [0.05, 0.1) is 11.8 Å². The smallest absolute Gasteiger partial charge is 0.171 e. The maximum Gasteiger partial charge on any atom is 0.395 e. The summed E-state index contributed by atoms with van der Waals surface area (Å²) in [4.78, 5) is 0. The predicted molar refractivity (Wildman–Crippen MR) is 69.6 cm³/mol. The minimum atomic E-state index is -4.61. The van der Waals surface area contributed by atoms with Crippen LogP contribution in [-0.4, -0.2) is 12.4 Å². The largest absolute Gasteiger partial charge is 0.395 e. The van der Waals surface area contributed by atoms with Crippen LogP contribution in [0.5, 0.6) is 0 Å². The quantitative estimate of drug-likeness (QED) is 0.424. The first-order chi connectivity index (χ1) is 9.20. The lowest BCUT2D eigenvalue weighted by molar-refractivity contribution is -0.205. The molecule has 124 valence electrons. The fourth-order valence-electron chi connectivity index (χ4n) is 2.96. The molecule has 0 radical (unpaired) electrons. The van der Waals surface area contributed by atoms with Crippen molar-refractivity contribution < 1.29 is 26.3 Å². The summed E-state index contributed by atoms with van der Waals surface area (Å²) in [6, 6.07) is 0. The van der Waals surface area contributed by atoms with Crippen molar-refractivity contribution in [2.24, 2.45) is 23.2 Å². The Hall–Kier alpha value is -0.680. The summed E-state index contributed by atoms with van der Waals surface area (Å²) in [5, 5.41) is 0. The number of halogens is 6. The zero-order chi connectivity index (χ0) is 16.6. The molecule has 0 aromatic rings. The van der Waals surface area contributed by atoms with Crippen LogP contribution in [0.4, 0.5) is 26.3 Å². The van der Waals surface area contributed by atoms with Gasteiger partial charge in [-0.1, -0.05) is 39.3 Å². The number of hydrogen-bond donors (Lipinski definition) is 0. The third kappa shape index (κ3) is 5.55. The van der Waals surface area contributed by atoms with E-state index in [2.05, 4.69) is 0 Å². The normalized spacial score (nSPS) is 26.5. The van der Waals surface area contributed by atoms with E-state index in [0.29, 0.717) is 12.0 Å². The van der Waals surface area contributed by atoms with Gasteiger partial charge < -0.3 is 0 Å². The average Bonchev–Trinajstić information content (AvgIpc) is 2.23. The van der Waals surface area contributed by atoms with E-state index >= 15 is 0 Å². The molecule has 0 bridgehead atoms. The Morgan fingerprint density at radius 1 is 1.05 bits per heavy atom. The fourth-order valence-corrected chi connectivity index (χ4v) is 2.96. The average molecular weight is 316 g/mol. The van der Waals surface area contributed by atoms with E-state index in [1.807, 2.05) is 20.8 Å². The molecular weight excluding hydrogens is 294 g/mol. The number of rotatable bonds is 2. The van der Waals surface area contributed by atoms with Gasteiger partial charge in [-0.05, 0) is 30.6 Å². The molecular formula is C15H22F6. The first-order valence-electron chi connectivity index (χ1n) is 7.04. The van der Waals surface area contributed by atoms with E-state index < -0.39 is 30.6 Å². The summed E-state index contributed by atoms with van der Waals surface area (Å²) in [6.07, 6.45) is -8.81. The Kier molecular flexibility index (Phi) is 5.11. The minimum Gasteiger partial charge on any atom is -0.171 e. The van der Waals surface area contributed by atoms with Crippen LogP contribution in [0.2, 0.25) is 0 Å². The molecule has 0 saturated carbocycles. The zero-order valence-electron chi connectivity index (χ0n) is 12.7. The molecule has 0 aliphatic heterocycles. The molecule has 0 aromatic heterocycles. The molecule has 3 atom stereocenters. The molecule has 6 heteroatoms. The Labute approximate surface area is 121 Å². The molecule has 1 aliphatic rings. The summed E-state index contributed by atoms with van der Waals surface area (Å²) in [7, 11) is 0. The highest BCUT2D eigenvalue weighted by molar-refractivity contribution is 5.15. The molecule has 0 N–H and O–H groups in total. The summed E-state index contributed by atoms with van der Waals surface area (Å²) < 4.78 is 77.2. The monoisotopic (exact) mass is 316 g/mol. The Morgan fingerprint density at radius 2 is 1.57 bits per heavy atom. The van der Waals surface area contributed by atoms with Crippen molar-refractivity contribution in [3.8, 4) is 0 Å². The van der Waals surface area contributed by atoms with E-state index in [-0.39, 0.29) is 17.8 Å². The third-order valence-electron chi connectivity index (χ3n) is 3.87. The lowest BCUT2D eigenvalue weighted by atomic mass is 9.74. The van der Waals surface area contributed by atoms with Crippen LogP contribution < -0.4 is 0 Å². The number of alkyl halides is 6. The molecule has 0 nitrogen and oxygen atoms in total. The lowest BCUT2D eigenvalue weighted by Crippen LogP contribution is -2.35. The highest BCUT2D eigenvalue weighted by Gasteiger charge is 2.49. The van der Waals surface area contributed by atoms with Crippen molar-refractivity contribution in [1.82, 2.24) is 0 Å². The van der Waals surface area contributed by atoms with Gasteiger partial charge in [-0.2, -0.15) is 26.3 Å². The second-order valence-corrected chi connectivity index (χ2v) is 7.23. The minimum absolute atomic E-state index is 0.140. The Morgan fingerprint density at radius 3 is 1.95 bits per heavy atom. The molecule has 0 fully saturated rings. The van der Waals surface area contributed by atoms with Crippen LogP contribution in [-0.2, 0) is 0 Å². The van der Waals surface area contributed by atoms with Crippen molar-refractivity contribution in [1.29, 1.82) is 0 Å². The maximum atomic E-state index is 12.9. The molecule has 0 amide bonds. The first-order valence-corrected chi connectivity index (χ1v) is 7.04. The van der Waals surface area contributed by atoms with Crippen LogP contribution in [0.15, 0.2) is 11.6 Å². The van der Waals surface area contributed by atoms with Crippen molar-refractivity contribution in [2.75, 3.05) is 0 Å². The molecule has 3 unspecified atom stereocenters. The van der Waals surface area contributed by atoms with Crippen LogP contribution in [0.25, 0.3) is 0 Å². The van der Waals surface area contributed by atoms with Crippen molar-refractivity contribution >= 4 is 0 Å². The number of allylic oxidation sites excluding steroid dienone is 2. The fraction of sp³-hybridized carbons (Fsp3) is 0.867. The van der Waals surface area contributed by atoms with E-state index in [4.69, 9.17) is 0 Å². The van der Waals surface area contributed by atoms with Gasteiger partial charge in [0.15, 0.2) is 0 Å². The van der Waals surface area contributed by atoms with Crippen LogP contribution in [0.3, 0.4) is 0 Å². The lowest BCUT2D eigenvalue weighted by Gasteiger charge is -2.34. The van der Waals surface area contributed by atoms with Gasteiger partial charge in [0, 0.05) is 0 Å². The summed E-state index contributed by atoms with van der Waals surface area (Å²) in [5.41, 5.74) is 0.153. The highest BCUT2D eigenvalue weighted by Crippen LogP contribution is 2.47. The molecule has 0 saturated heterocycles. The molecule has 1 aliphatic carbocycles. The van der Waals surface area contributed by atoms with Gasteiger partial charge >= 0.3 is 12.4 Å². The first kappa shape index (κ1) is 18.4. The molecule has 21 heavy (non-hydrogen) atoms. The van der Waals surface area contributed by atoms with Gasteiger partial charge in [0.25, 0.3) is 0 Å². The van der Waals surface area contributed by atoms with Gasteiger partial charge in [0.2, 0.25) is 0 Å². The number of hydrogen-bond acceptors (Lipinski definition) is 0. The zero-order valence-corrected chi connectivity index (χ0v) is 12.7. The second-order valence-electron chi connectivity index (χ2n) is 7.23. The van der Waals surface area contributed by atoms with E-state index in [0.717, 1.165) is 6.08 Å². The molecule has 0 spiro atoms. The summed E-state index contributed by atoms with van der Waals surface area (Å²) >= 11 is 0. The van der Waals surface area contributed by atoms with Gasteiger partial charge in [-0.3, -0.25) is 0 Å². The van der Waals surface area contributed by atoms with E-state index in [9.17, 15) is 26.3 Å². The van der Waals surface area contributed by atoms with Crippen LogP contribution in [0, 0.1) is 23.2 Å². The highest BCUT2D eigenvalue weighted by atomic mass is 19.4. The van der Waals surface area contributed by atoms with E-state index in [1.165, 1.54) is 0 Å². The standard InChI is InChI=1S/C15H22F6/c1-9(8-13(2,3)4)10-5-11(14(16,17)18)7-12(6-10)15(19,20)21/h5,9,11-12H,6-8H2,1-4H3. The summed E-state index contributed by atoms with van der Waals surface area (Å²) in [6.45, 7) is 7.49. The van der Waals surface area contributed by atoms with Crippen molar-refractivity contribution in [3.63, 3.8) is 0 Å². The Balaban J connectivity index is 3.02.